The van der Waals surface area contributed by atoms with Crippen LogP contribution in [-0.2, 0) is 77.7 Å². The molecule has 6 rings (SSSR count). The Hall–Kier alpha value is -5.02. The molecule has 0 saturated carbocycles. The van der Waals surface area contributed by atoms with Crippen LogP contribution in [0, 0.1) is 5.92 Å². The Morgan fingerprint density at radius 1 is 0.587 bits per heavy atom. The Morgan fingerprint density at radius 2 is 1.07 bits per heavy atom. The summed E-state index contributed by atoms with van der Waals surface area (Å²) in [6.45, 7) is 1.50. The summed E-state index contributed by atoms with van der Waals surface area (Å²) in [6, 6.07) is 6.17. The summed E-state index contributed by atoms with van der Waals surface area (Å²) in [6.07, 6.45) is -24.9. The molecular weight excluding hydrogens is 1010 g/mol. The van der Waals surface area contributed by atoms with E-state index >= 15 is 0 Å². The van der Waals surface area contributed by atoms with Crippen molar-refractivity contribution in [3.63, 3.8) is 0 Å². The monoisotopic (exact) mass is 1070 g/mol. The van der Waals surface area contributed by atoms with Crippen LogP contribution in [0.3, 0.4) is 0 Å². The maximum atomic E-state index is 13.4. The first-order chi connectivity index (χ1) is 35.8. The molecule has 5 heterocycles. The van der Waals surface area contributed by atoms with Crippen LogP contribution < -0.4 is 4.74 Å². The van der Waals surface area contributed by atoms with Gasteiger partial charge in [0.1, 0.15) is 84.7 Å². The van der Waals surface area contributed by atoms with Crippen LogP contribution >= 0.6 is 0 Å². The van der Waals surface area contributed by atoms with Gasteiger partial charge in [-0.25, -0.2) is 9.59 Å². The van der Waals surface area contributed by atoms with Crippen LogP contribution in [0.4, 0.5) is 0 Å². The number of benzene rings is 1. The molecule has 3 saturated heterocycles. The molecular formula is C48H64O27. The van der Waals surface area contributed by atoms with Crippen molar-refractivity contribution in [2.24, 2.45) is 5.92 Å². The van der Waals surface area contributed by atoms with Crippen molar-refractivity contribution in [2.75, 3.05) is 34.0 Å². The van der Waals surface area contributed by atoms with Gasteiger partial charge < -0.3 is 113 Å². The van der Waals surface area contributed by atoms with Crippen LogP contribution in [0.1, 0.15) is 38.7 Å². The number of hydrogen-bond donors (Lipinski definition) is 11. The van der Waals surface area contributed by atoms with Gasteiger partial charge in [0.15, 0.2) is 25.0 Å². The Labute approximate surface area is 428 Å². The summed E-state index contributed by atoms with van der Waals surface area (Å²) in [5, 5.41) is 113. The molecule has 11 N–H and O–H groups in total. The quantitative estimate of drug-likeness (QED) is 0.0272. The fraction of sp³-hybridized carbons (Fsp3) is 0.625. The van der Waals surface area contributed by atoms with Gasteiger partial charge in [-0.15, -0.1) is 0 Å². The molecule has 0 amide bonds. The lowest BCUT2D eigenvalue weighted by Gasteiger charge is -2.41. The molecule has 75 heavy (non-hydrogen) atoms. The fourth-order valence-electron chi connectivity index (χ4n) is 8.71. The average Bonchev–Trinajstić information content (AvgIpc) is 3.40. The maximum Gasteiger partial charge on any atom is 0.341 e. The average molecular weight is 1070 g/mol. The van der Waals surface area contributed by atoms with Crippen LogP contribution in [0.2, 0.25) is 0 Å². The normalized spacial score (nSPS) is 37.1. The smallest absolute Gasteiger partial charge is 0.341 e. The highest BCUT2D eigenvalue weighted by atomic mass is 16.8. The number of esters is 4. The molecule has 0 spiro atoms. The molecule has 0 unspecified atom stereocenters. The van der Waals surface area contributed by atoms with Gasteiger partial charge in [-0.05, 0) is 44.4 Å². The van der Waals surface area contributed by atoms with Gasteiger partial charge in [-0.2, -0.15) is 0 Å². The zero-order valence-corrected chi connectivity index (χ0v) is 41.0. The fourth-order valence-corrected chi connectivity index (χ4v) is 8.71. The molecule has 5 aliphatic rings. The lowest BCUT2D eigenvalue weighted by atomic mass is 9.86. The molecule has 27 nitrogen and oxygen atoms in total. The number of hydrogen-bond acceptors (Lipinski definition) is 27. The first-order valence-electron chi connectivity index (χ1n) is 23.7. The zero-order valence-electron chi connectivity index (χ0n) is 41.0. The van der Waals surface area contributed by atoms with E-state index in [1.165, 1.54) is 31.2 Å². The van der Waals surface area contributed by atoms with E-state index in [1.54, 1.807) is 19.1 Å². The van der Waals surface area contributed by atoms with E-state index in [4.69, 9.17) is 56.8 Å². The van der Waals surface area contributed by atoms with Crippen LogP contribution in [0.15, 0.2) is 71.2 Å². The van der Waals surface area contributed by atoms with Crippen LogP contribution in [0.5, 0.6) is 5.75 Å². The van der Waals surface area contributed by atoms with Gasteiger partial charge in [-0.3, -0.25) is 9.59 Å². The number of rotatable bonds is 19. The number of allylic oxidation sites excluding steroid dienone is 2. The Kier molecular flexibility index (Phi) is 21.2. The van der Waals surface area contributed by atoms with Gasteiger partial charge in [-0.1, -0.05) is 24.3 Å². The second-order valence-corrected chi connectivity index (χ2v) is 17.7. The SMILES string of the molecule is C/C=C1/[C@@H](O[C@H]2O[C@@H](CO)[C@H](O)[C@@H](O)[C@@H]2O)OC=C(C(=O)OC)[C@@H]1CC(=O)Oc1ccc(CCO[C@H]2O[C@@H](CCC(=O)O[C@H]3C(C(=O)OC)=CO[C@H](O[C@H]4O[C@@H](CO)[C@H](O)[C@@H](O)[C@@H]4O)/C3=C/C)[C@H](O)[C@@H](O)[C@@H]2O)cc1. The number of ether oxygens (including phenoxy) is 12. The number of methoxy groups -OCH3 is 2. The molecule has 418 valence electrons. The predicted molar refractivity (Wildman–Crippen MR) is 243 cm³/mol. The largest absolute Gasteiger partial charge is 0.468 e. The van der Waals surface area contributed by atoms with Gasteiger partial charge >= 0.3 is 23.9 Å². The van der Waals surface area contributed by atoms with Crippen LogP contribution in [0.25, 0.3) is 0 Å². The van der Waals surface area contributed by atoms with E-state index in [1.807, 2.05) is 0 Å². The highest BCUT2D eigenvalue weighted by Gasteiger charge is 2.50. The summed E-state index contributed by atoms with van der Waals surface area (Å²) in [5.74, 6) is -4.46. The first-order valence-corrected chi connectivity index (χ1v) is 23.7. The topological polar surface area (TPSA) is 402 Å². The van der Waals surface area contributed by atoms with E-state index in [-0.39, 0.29) is 47.5 Å². The van der Waals surface area contributed by atoms with Gasteiger partial charge in [0.05, 0.1) is 58.4 Å². The second kappa shape index (κ2) is 26.8. The molecule has 1 aromatic carbocycles. The van der Waals surface area contributed by atoms with Gasteiger partial charge in [0, 0.05) is 23.5 Å². The lowest BCUT2D eigenvalue weighted by molar-refractivity contribution is -0.328. The molecule has 0 bridgehead atoms. The molecule has 0 radical (unpaired) electrons. The van der Waals surface area contributed by atoms with E-state index in [0.29, 0.717) is 5.56 Å². The molecule has 5 aliphatic heterocycles. The van der Waals surface area contributed by atoms with E-state index < -0.39 is 167 Å². The zero-order chi connectivity index (χ0) is 54.8. The van der Waals surface area contributed by atoms with Crippen molar-refractivity contribution < 1.29 is 132 Å². The van der Waals surface area contributed by atoms with Crippen molar-refractivity contribution in [2.45, 2.75) is 150 Å². The summed E-state index contributed by atoms with van der Waals surface area (Å²) < 4.78 is 66.0. The standard InChI is InChI=1S/C48H64O27/c1-5-22-24(25(42(62)64-3)18-67-44(22)74-47-39(60)36(57)33(54)28(16-49)71-47)15-31(52)69-21-9-7-20(8-10-21)13-14-66-46-38(59)35(56)32(53)27(70-46)11-12-30(51)73-41-23(6-2)45(68-19-26(41)43(63)65-4)75-48-40(61)37(58)34(55)29(17-50)72-48/h5-10,18-19,24,27-29,32-41,44-50,53-61H,11-17H2,1-4H3/b22-5+,23-6+/t24-,27+,28+,29+,32+,33+,34+,35-,36-,37-,38+,39+,40+,41-,44-,45-,46+,47-,48-/m1/s1. The van der Waals surface area contributed by atoms with Crippen LogP contribution in [-0.4, -0.2) is 225 Å². The summed E-state index contributed by atoms with van der Waals surface area (Å²) in [7, 11) is 2.20. The maximum absolute atomic E-state index is 13.4. The Balaban J connectivity index is 1.01. The number of carbonyl (C=O) groups is 4. The Morgan fingerprint density at radius 3 is 1.59 bits per heavy atom. The molecule has 0 aliphatic carbocycles. The van der Waals surface area contributed by atoms with Gasteiger partial charge in [0.2, 0.25) is 12.6 Å². The predicted octanol–water partition coefficient (Wildman–Crippen LogP) is -3.99. The highest BCUT2D eigenvalue weighted by molar-refractivity contribution is 5.91. The molecule has 19 atom stereocenters. The third-order valence-electron chi connectivity index (χ3n) is 13.0. The third kappa shape index (κ3) is 13.8. The van der Waals surface area contributed by atoms with E-state index in [0.717, 1.165) is 26.7 Å². The molecule has 27 heteroatoms. The minimum atomic E-state index is -1.82. The minimum Gasteiger partial charge on any atom is -0.468 e. The number of aliphatic hydroxyl groups excluding tert-OH is 11. The van der Waals surface area contributed by atoms with Crippen molar-refractivity contribution in [1.29, 1.82) is 0 Å². The number of carbonyl (C=O) groups excluding carboxylic acids is 4. The summed E-state index contributed by atoms with van der Waals surface area (Å²) in [4.78, 5) is 52.3. The third-order valence-corrected chi connectivity index (χ3v) is 13.0. The number of aliphatic hydroxyl groups is 11. The van der Waals surface area contributed by atoms with Gasteiger partial charge in [0.25, 0.3) is 0 Å². The van der Waals surface area contributed by atoms with Crippen molar-refractivity contribution in [3.05, 3.63) is 76.8 Å². The first kappa shape index (κ1) is 59.2. The minimum absolute atomic E-state index is 0.00275. The molecule has 0 aromatic heterocycles. The van der Waals surface area contributed by atoms with Crippen molar-refractivity contribution in [1.82, 2.24) is 0 Å². The van der Waals surface area contributed by atoms with E-state index in [2.05, 4.69) is 0 Å². The molecule has 3 fully saturated rings. The van der Waals surface area contributed by atoms with Crippen molar-refractivity contribution >= 4 is 23.9 Å². The highest BCUT2D eigenvalue weighted by Crippen LogP contribution is 2.37. The van der Waals surface area contributed by atoms with E-state index in [9.17, 15) is 75.3 Å². The van der Waals surface area contributed by atoms with Crippen molar-refractivity contribution in [3.8, 4) is 5.75 Å². The lowest BCUT2D eigenvalue weighted by Crippen LogP contribution is -2.60. The Bertz CT molecular complexity index is 2230. The second-order valence-electron chi connectivity index (χ2n) is 17.7. The summed E-state index contributed by atoms with van der Waals surface area (Å²) in [5.41, 5.74) is 0.515. The molecule has 1 aromatic rings. The summed E-state index contributed by atoms with van der Waals surface area (Å²) >= 11 is 0.